The first-order chi connectivity index (χ1) is 9.86. The summed E-state index contributed by atoms with van der Waals surface area (Å²) in [6, 6.07) is 7.90. The number of para-hydroxylation sites is 1. The quantitative estimate of drug-likeness (QED) is 0.568. The Kier molecular flexibility index (Phi) is 3.94. The Hall–Kier alpha value is -1.92. The topological polar surface area (TPSA) is 85.1 Å². The van der Waals surface area contributed by atoms with Crippen LogP contribution in [0, 0.1) is 5.92 Å². The molecule has 2 heterocycles. The van der Waals surface area contributed by atoms with Crippen LogP contribution in [0.15, 0.2) is 24.3 Å². The van der Waals surface area contributed by atoms with Crippen molar-refractivity contribution in [2.24, 2.45) is 11.8 Å². The maximum absolute atomic E-state index is 5.42. The highest BCUT2D eigenvalue weighted by Crippen LogP contribution is 2.22. The number of aromatic nitrogens is 2. The SMILES string of the molecule is NNc1nc(NCCC2CCOC2)c2ccccc2n1. The highest BCUT2D eigenvalue weighted by Gasteiger charge is 2.15. The lowest BCUT2D eigenvalue weighted by Crippen LogP contribution is -2.14. The molecular formula is C14H19N5O. The second kappa shape index (κ2) is 6.02. The third kappa shape index (κ3) is 2.81. The van der Waals surface area contributed by atoms with Gasteiger partial charge in [-0.1, -0.05) is 12.1 Å². The van der Waals surface area contributed by atoms with Gasteiger partial charge in [0.25, 0.3) is 0 Å². The minimum absolute atomic E-state index is 0.426. The fraction of sp³-hybridized carbons (Fsp3) is 0.429. The monoisotopic (exact) mass is 273 g/mol. The third-order valence-corrected chi connectivity index (χ3v) is 3.60. The van der Waals surface area contributed by atoms with E-state index >= 15 is 0 Å². The molecule has 1 unspecified atom stereocenters. The van der Waals surface area contributed by atoms with Crippen LogP contribution in [0.25, 0.3) is 10.9 Å². The highest BCUT2D eigenvalue weighted by molar-refractivity contribution is 5.89. The zero-order chi connectivity index (χ0) is 13.8. The summed E-state index contributed by atoms with van der Waals surface area (Å²) in [4.78, 5) is 8.73. The van der Waals surface area contributed by atoms with Gasteiger partial charge in [0.05, 0.1) is 5.52 Å². The minimum atomic E-state index is 0.426. The summed E-state index contributed by atoms with van der Waals surface area (Å²) >= 11 is 0. The van der Waals surface area contributed by atoms with E-state index in [0.29, 0.717) is 11.9 Å². The molecule has 106 valence electrons. The molecule has 0 bridgehead atoms. The van der Waals surface area contributed by atoms with Crippen molar-refractivity contribution in [2.75, 3.05) is 30.5 Å². The Balaban J connectivity index is 1.75. The van der Waals surface area contributed by atoms with E-state index in [2.05, 4.69) is 20.7 Å². The van der Waals surface area contributed by atoms with Gasteiger partial charge >= 0.3 is 0 Å². The van der Waals surface area contributed by atoms with E-state index < -0.39 is 0 Å². The summed E-state index contributed by atoms with van der Waals surface area (Å²) in [6.07, 6.45) is 2.24. The molecule has 1 aliphatic rings. The van der Waals surface area contributed by atoms with E-state index in [4.69, 9.17) is 10.6 Å². The van der Waals surface area contributed by atoms with E-state index in [-0.39, 0.29) is 0 Å². The van der Waals surface area contributed by atoms with Crippen LogP contribution < -0.4 is 16.6 Å². The molecule has 1 aromatic heterocycles. The van der Waals surface area contributed by atoms with Gasteiger partial charge in [0.2, 0.25) is 5.95 Å². The maximum Gasteiger partial charge on any atom is 0.239 e. The van der Waals surface area contributed by atoms with Crippen LogP contribution in [-0.4, -0.2) is 29.7 Å². The van der Waals surface area contributed by atoms with Crippen LogP contribution in [0.2, 0.25) is 0 Å². The molecule has 2 aromatic rings. The number of ether oxygens (including phenoxy) is 1. The molecule has 4 N–H and O–H groups in total. The Morgan fingerprint density at radius 2 is 2.20 bits per heavy atom. The number of rotatable bonds is 5. The van der Waals surface area contributed by atoms with Crippen molar-refractivity contribution in [3.05, 3.63) is 24.3 Å². The van der Waals surface area contributed by atoms with E-state index in [0.717, 1.165) is 49.3 Å². The van der Waals surface area contributed by atoms with Gasteiger partial charge in [-0.2, -0.15) is 4.98 Å². The molecule has 6 nitrogen and oxygen atoms in total. The van der Waals surface area contributed by atoms with Gasteiger partial charge in [-0.05, 0) is 30.9 Å². The normalized spacial score (nSPS) is 18.4. The first-order valence-electron chi connectivity index (χ1n) is 6.92. The number of nitrogens with two attached hydrogens (primary N) is 1. The van der Waals surface area contributed by atoms with E-state index in [1.54, 1.807) is 0 Å². The van der Waals surface area contributed by atoms with Gasteiger partial charge in [0.15, 0.2) is 0 Å². The van der Waals surface area contributed by atoms with Gasteiger partial charge in [-0.3, -0.25) is 5.43 Å². The molecule has 6 heteroatoms. The Morgan fingerprint density at radius 1 is 1.30 bits per heavy atom. The van der Waals surface area contributed by atoms with Crippen LogP contribution >= 0.6 is 0 Å². The molecule has 1 aliphatic heterocycles. The number of benzene rings is 1. The fourth-order valence-electron chi connectivity index (χ4n) is 2.48. The molecule has 3 rings (SSSR count). The summed E-state index contributed by atoms with van der Waals surface area (Å²) < 4.78 is 5.39. The van der Waals surface area contributed by atoms with Gasteiger partial charge < -0.3 is 10.1 Å². The Morgan fingerprint density at radius 3 is 3.00 bits per heavy atom. The Bertz CT molecular complexity index is 583. The predicted molar refractivity (Wildman–Crippen MR) is 79.4 cm³/mol. The number of hydrogen-bond acceptors (Lipinski definition) is 6. The molecule has 1 saturated heterocycles. The van der Waals surface area contributed by atoms with E-state index in [1.165, 1.54) is 0 Å². The van der Waals surface area contributed by atoms with Crippen molar-refractivity contribution in [1.29, 1.82) is 0 Å². The molecule has 1 fully saturated rings. The van der Waals surface area contributed by atoms with E-state index in [1.807, 2.05) is 24.3 Å². The number of fused-ring (bicyclic) bond motifs is 1. The summed E-state index contributed by atoms with van der Waals surface area (Å²) in [5, 5.41) is 4.40. The van der Waals surface area contributed by atoms with Crippen molar-refractivity contribution >= 4 is 22.7 Å². The van der Waals surface area contributed by atoms with Gasteiger partial charge in [0, 0.05) is 25.1 Å². The van der Waals surface area contributed by atoms with Crippen molar-refractivity contribution in [2.45, 2.75) is 12.8 Å². The van der Waals surface area contributed by atoms with Crippen molar-refractivity contribution in [3.63, 3.8) is 0 Å². The third-order valence-electron chi connectivity index (χ3n) is 3.60. The average Bonchev–Trinajstić information content (AvgIpc) is 3.00. The number of hydrogen-bond donors (Lipinski definition) is 3. The fourth-order valence-corrected chi connectivity index (χ4v) is 2.48. The number of nitrogens with zero attached hydrogens (tertiary/aromatic N) is 2. The van der Waals surface area contributed by atoms with Crippen molar-refractivity contribution < 1.29 is 4.74 Å². The molecule has 0 saturated carbocycles. The molecule has 0 amide bonds. The summed E-state index contributed by atoms with van der Waals surface area (Å²) in [5.74, 6) is 7.32. The molecule has 20 heavy (non-hydrogen) atoms. The lowest BCUT2D eigenvalue weighted by Gasteiger charge is -2.12. The number of hydrazine groups is 1. The molecule has 1 atom stereocenters. The molecule has 0 radical (unpaired) electrons. The highest BCUT2D eigenvalue weighted by atomic mass is 16.5. The molecule has 0 aliphatic carbocycles. The smallest absolute Gasteiger partial charge is 0.239 e. The maximum atomic E-state index is 5.42. The molecule has 0 spiro atoms. The first-order valence-corrected chi connectivity index (χ1v) is 6.92. The number of nitrogens with one attached hydrogen (secondary N) is 2. The second-order valence-electron chi connectivity index (χ2n) is 5.00. The predicted octanol–water partition coefficient (Wildman–Crippen LogP) is 1.75. The largest absolute Gasteiger partial charge is 0.381 e. The zero-order valence-electron chi connectivity index (χ0n) is 11.3. The number of nitrogen functional groups attached to an aromatic ring is 1. The van der Waals surface area contributed by atoms with Crippen molar-refractivity contribution in [3.8, 4) is 0 Å². The van der Waals surface area contributed by atoms with Gasteiger partial charge in [0.1, 0.15) is 5.82 Å². The average molecular weight is 273 g/mol. The second-order valence-corrected chi connectivity index (χ2v) is 5.00. The lowest BCUT2D eigenvalue weighted by molar-refractivity contribution is 0.185. The van der Waals surface area contributed by atoms with Crippen LogP contribution in [-0.2, 0) is 4.74 Å². The Labute approximate surface area is 117 Å². The van der Waals surface area contributed by atoms with Crippen molar-refractivity contribution in [1.82, 2.24) is 9.97 Å². The minimum Gasteiger partial charge on any atom is -0.381 e. The first kappa shape index (κ1) is 13.1. The van der Waals surface area contributed by atoms with Gasteiger partial charge in [-0.15, -0.1) is 0 Å². The van der Waals surface area contributed by atoms with Crippen LogP contribution in [0.3, 0.4) is 0 Å². The number of anilines is 2. The summed E-state index contributed by atoms with van der Waals surface area (Å²) in [7, 11) is 0. The molecule has 1 aromatic carbocycles. The van der Waals surface area contributed by atoms with E-state index in [9.17, 15) is 0 Å². The summed E-state index contributed by atoms with van der Waals surface area (Å²) in [6.45, 7) is 2.64. The molecular weight excluding hydrogens is 254 g/mol. The lowest BCUT2D eigenvalue weighted by atomic mass is 10.1. The van der Waals surface area contributed by atoms with Crippen LogP contribution in [0.1, 0.15) is 12.8 Å². The van der Waals surface area contributed by atoms with Crippen LogP contribution in [0.4, 0.5) is 11.8 Å². The standard InChI is InChI=1S/C14H19N5O/c15-19-14-17-12-4-2-1-3-11(12)13(18-14)16-7-5-10-6-8-20-9-10/h1-4,10H,5-9,15H2,(H2,16,17,18,19). The van der Waals surface area contributed by atoms with Crippen LogP contribution in [0.5, 0.6) is 0 Å². The summed E-state index contributed by atoms with van der Waals surface area (Å²) in [5.41, 5.74) is 3.39. The van der Waals surface area contributed by atoms with Gasteiger partial charge in [-0.25, -0.2) is 10.8 Å². The zero-order valence-corrected chi connectivity index (χ0v) is 11.3.